The summed E-state index contributed by atoms with van der Waals surface area (Å²) in [5.41, 5.74) is 0.270. The molecule has 0 fully saturated rings. The Morgan fingerprint density at radius 3 is 2.36 bits per heavy atom. The highest BCUT2D eigenvalue weighted by Crippen LogP contribution is 2.28. The Hall–Kier alpha value is -2.82. The van der Waals surface area contributed by atoms with Crippen molar-refractivity contribution in [2.24, 2.45) is 0 Å². The van der Waals surface area contributed by atoms with E-state index in [1.165, 1.54) is 12.1 Å². The minimum Gasteiger partial charge on any atom is -0.368 e. The largest absolute Gasteiger partial charge is 0.453 e. The van der Waals surface area contributed by atoms with Crippen molar-refractivity contribution in [3.63, 3.8) is 0 Å². The average Bonchev–Trinajstić information content (AvgIpc) is 3.01. The number of nitrogens with one attached hydrogen (secondary N) is 1. The Bertz CT molecular complexity index is 977. The van der Waals surface area contributed by atoms with E-state index in [9.17, 15) is 22.0 Å². The van der Waals surface area contributed by atoms with Crippen LogP contribution < -0.4 is 5.32 Å². The first-order valence-electron chi connectivity index (χ1n) is 8.23. The molecule has 28 heavy (non-hydrogen) atoms. The molecule has 1 unspecified atom stereocenters. The van der Waals surface area contributed by atoms with E-state index in [0.717, 1.165) is 16.6 Å². The molecule has 0 saturated carbocycles. The molecule has 1 atom stereocenters. The number of aryl methyl sites for hydroxylation is 1. The summed E-state index contributed by atoms with van der Waals surface area (Å²) in [6, 6.07) is 4.31. The maximum absolute atomic E-state index is 14.2. The predicted octanol–water partition coefficient (Wildman–Crippen LogP) is 3.44. The van der Waals surface area contributed by atoms with Crippen molar-refractivity contribution in [3.05, 3.63) is 53.0 Å². The van der Waals surface area contributed by atoms with E-state index < -0.39 is 29.7 Å². The SMILES string of the molecule is Cc1cc(NCC(c2c(F)cccc2F)N(C)C)n2nc(C(F)(F)F)nc2n1. The molecule has 150 valence electrons. The van der Waals surface area contributed by atoms with Gasteiger partial charge in [0, 0.05) is 23.9 Å². The Labute approximate surface area is 157 Å². The molecule has 0 amide bonds. The summed E-state index contributed by atoms with van der Waals surface area (Å²) in [5.74, 6) is -2.80. The fourth-order valence-electron chi connectivity index (χ4n) is 2.81. The second-order valence-electron chi connectivity index (χ2n) is 6.42. The highest BCUT2D eigenvalue weighted by atomic mass is 19.4. The number of rotatable bonds is 5. The molecule has 1 N–H and O–H groups in total. The number of halogens is 5. The van der Waals surface area contributed by atoms with Crippen LogP contribution in [0.3, 0.4) is 0 Å². The number of alkyl halides is 3. The van der Waals surface area contributed by atoms with Crippen molar-refractivity contribution in [3.8, 4) is 0 Å². The molecule has 11 heteroatoms. The number of fused-ring (bicyclic) bond motifs is 1. The van der Waals surface area contributed by atoms with Gasteiger partial charge < -0.3 is 10.2 Å². The normalized spacial score (nSPS) is 13.3. The Morgan fingerprint density at radius 2 is 1.79 bits per heavy atom. The van der Waals surface area contributed by atoms with E-state index in [2.05, 4.69) is 20.4 Å². The minimum atomic E-state index is -4.72. The quantitative estimate of drug-likeness (QED) is 0.665. The minimum absolute atomic E-state index is 0.00458. The fraction of sp³-hybridized carbons (Fsp3) is 0.353. The molecule has 3 rings (SSSR count). The van der Waals surface area contributed by atoms with Crippen molar-refractivity contribution in [2.75, 3.05) is 26.0 Å². The molecule has 0 bridgehead atoms. The molecule has 0 saturated heterocycles. The van der Waals surface area contributed by atoms with Crippen LogP contribution in [0, 0.1) is 18.6 Å². The number of anilines is 1. The topological polar surface area (TPSA) is 58.4 Å². The summed E-state index contributed by atoms with van der Waals surface area (Å²) in [7, 11) is 3.28. The maximum atomic E-state index is 14.2. The molecule has 3 aromatic rings. The molecule has 2 aromatic heterocycles. The van der Waals surface area contributed by atoms with Gasteiger partial charge in [0.25, 0.3) is 11.6 Å². The summed E-state index contributed by atoms with van der Waals surface area (Å²) in [4.78, 5) is 8.94. The van der Waals surface area contributed by atoms with Crippen LogP contribution in [0.5, 0.6) is 0 Å². The Morgan fingerprint density at radius 1 is 1.14 bits per heavy atom. The zero-order chi connectivity index (χ0) is 20.6. The zero-order valence-electron chi connectivity index (χ0n) is 15.2. The van der Waals surface area contributed by atoms with Gasteiger partial charge in [-0.05, 0) is 33.2 Å². The molecule has 0 aliphatic heterocycles. The summed E-state index contributed by atoms with van der Waals surface area (Å²) >= 11 is 0. The first-order chi connectivity index (χ1) is 13.1. The number of likely N-dealkylation sites (N-methyl/N-ethyl adjacent to an activating group) is 1. The molecular formula is C17H17F5N6. The molecule has 0 aliphatic rings. The van der Waals surface area contributed by atoms with E-state index in [1.807, 2.05) is 0 Å². The number of aromatic nitrogens is 4. The van der Waals surface area contributed by atoms with Crippen molar-refractivity contribution in [1.82, 2.24) is 24.5 Å². The number of nitrogens with zero attached hydrogens (tertiary/aromatic N) is 5. The van der Waals surface area contributed by atoms with E-state index >= 15 is 0 Å². The molecule has 0 aliphatic carbocycles. The highest BCUT2D eigenvalue weighted by Gasteiger charge is 2.37. The Kier molecular flexibility index (Phi) is 5.20. The standard InChI is InChI=1S/C17H17F5N6/c1-9-7-13(28-16(24-9)25-15(26-28)17(20,21)22)23-8-12(27(2)3)14-10(18)5-4-6-11(14)19/h4-7,12,23H,8H2,1-3H3. The van der Waals surface area contributed by atoms with Crippen molar-refractivity contribution in [1.29, 1.82) is 0 Å². The molecule has 0 radical (unpaired) electrons. The highest BCUT2D eigenvalue weighted by molar-refractivity contribution is 5.46. The van der Waals surface area contributed by atoms with E-state index in [0.29, 0.717) is 5.69 Å². The van der Waals surface area contributed by atoms with Gasteiger partial charge in [-0.15, -0.1) is 5.10 Å². The summed E-state index contributed by atoms with van der Waals surface area (Å²) in [5, 5.41) is 6.36. The number of benzene rings is 1. The molecule has 6 nitrogen and oxygen atoms in total. The van der Waals surface area contributed by atoms with E-state index in [1.54, 1.807) is 25.9 Å². The number of hydrogen-bond acceptors (Lipinski definition) is 5. The van der Waals surface area contributed by atoms with Gasteiger partial charge >= 0.3 is 6.18 Å². The third-order valence-electron chi connectivity index (χ3n) is 4.13. The Balaban J connectivity index is 1.96. The number of hydrogen-bond donors (Lipinski definition) is 1. The molecular weight excluding hydrogens is 383 g/mol. The van der Waals surface area contributed by atoms with Crippen molar-refractivity contribution >= 4 is 11.6 Å². The van der Waals surface area contributed by atoms with Crippen LogP contribution in [-0.4, -0.2) is 45.1 Å². The first kappa shape index (κ1) is 19.9. The molecule has 1 aromatic carbocycles. The summed E-state index contributed by atoms with van der Waals surface area (Å²) in [6.45, 7) is 1.59. The van der Waals surface area contributed by atoms with Gasteiger partial charge in [-0.2, -0.15) is 22.7 Å². The van der Waals surface area contributed by atoms with Crippen LogP contribution >= 0.6 is 0 Å². The van der Waals surface area contributed by atoms with Crippen LogP contribution in [0.2, 0.25) is 0 Å². The molecule has 0 spiro atoms. The lowest BCUT2D eigenvalue weighted by Crippen LogP contribution is -2.29. The van der Waals surface area contributed by atoms with Gasteiger partial charge in [-0.25, -0.2) is 13.8 Å². The van der Waals surface area contributed by atoms with Gasteiger partial charge in [-0.3, -0.25) is 0 Å². The van der Waals surface area contributed by atoms with Gasteiger partial charge in [0.1, 0.15) is 17.5 Å². The lowest BCUT2D eigenvalue weighted by atomic mass is 10.0. The summed E-state index contributed by atoms with van der Waals surface area (Å²) < 4.78 is 68.0. The van der Waals surface area contributed by atoms with E-state index in [-0.39, 0.29) is 23.7 Å². The van der Waals surface area contributed by atoms with Gasteiger partial charge in [0.15, 0.2) is 0 Å². The average molecular weight is 400 g/mol. The van der Waals surface area contributed by atoms with Crippen LogP contribution in [-0.2, 0) is 6.18 Å². The smallest absolute Gasteiger partial charge is 0.368 e. The van der Waals surface area contributed by atoms with Crippen molar-refractivity contribution in [2.45, 2.75) is 19.1 Å². The second-order valence-corrected chi connectivity index (χ2v) is 6.42. The van der Waals surface area contributed by atoms with Crippen LogP contribution in [0.25, 0.3) is 5.78 Å². The third kappa shape index (κ3) is 3.88. The molecule has 2 heterocycles. The van der Waals surface area contributed by atoms with Crippen LogP contribution in [0.4, 0.5) is 27.8 Å². The van der Waals surface area contributed by atoms with Gasteiger partial charge in [0.2, 0.25) is 0 Å². The lowest BCUT2D eigenvalue weighted by Gasteiger charge is -2.26. The van der Waals surface area contributed by atoms with Gasteiger partial charge in [0.05, 0.1) is 6.04 Å². The third-order valence-corrected chi connectivity index (χ3v) is 4.13. The second kappa shape index (κ2) is 7.30. The van der Waals surface area contributed by atoms with E-state index in [4.69, 9.17) is 0 Å². The lowest BCUT2D eigenvalue weighted by molar-refractivity contribution is -0.144. The monoisotopic (exact) mass is 400 g/mol. The van der Waals surface area contributed by atoms with Crippen LogP contribution in [0.1, 0.15) is 23.1 Å². The first-order valence-corrected chi connectivity index (χ1v) is 8.23. The maximum Gasteiger partial charge on any atom is 0.453 e. The fourth-order valence-corrected chi connectivity index (χ4v) is 2.81. The predicted molar refractivity (Wildman–Crippen MR) is 91.8 cm³/mol. The van der Waals surface area contributed by atoms with Gasteiger partial charge in [-0.1, -0.05) is 6.07 Å². The van der Waals surface area contributed by atoms with Crippen LogP contribution in [0.15, 0.2) is 24.3 Å². The summed E-state index contributed by atoms with van der Waals surface area (Å²) in [6.07, 6.45) is -4.72. The zero-order valence-corrected chi connectivity index (χ0v) is 15.2. The van der Waals surface area contributed by atoms with Crippen molar-refractivity contribution < 1.29 is 22.0 Å².